The number of hydrogen-bond donors (Lipinski definition) is 3. The minimum absolute atomic E-state index is 0.00315. The van der Waals surface area contributed by atoms with Gasteiger partial charge >= 0.3 is 0 Å². The molecular weight excluding hydrogens is 377 g/mol. The molecule has 1 aliphatic heterocycles. The van der Waals surface area contributed by atoms with Crippen LogP contribution in [-0.2, 0) is 9.47 Å². The van der Waals surface area contributed by atoms with E-state index < -0.39 is 24.0 Å². The summed E-state index contributed by atoms with van der Waals surface area (Å²) < 4.78 is 13.4. The quantitative estimate of drug-likeness (QED) is 0.555. The number of aliphatic hydroxyl groups is 1. The summed E-state index contributed by atoms with van der Waals surface area (Å²) in [6.07, 6.45) is 0.428. The Morgan fingerprint density at radius 1 is 1.62 bits per heavy atom. The maximum absolute atomic E-state index is 11.9. The SMILES string of the molecule is Nc1nc2c(ncn2[C@H]2C[C@H](OC(=S)c3ccc[pH]3)[C@@H](CO)O2)c(=O)[nH]1. The van der Waals surface area contributed by atoms with Crippen LogP contribution in [0.4, 0.5) is 5.95 Å². The van der Waals surface area contributed by atoms with E-state index in [1.54, 1.807) is 4.57 Å². The number of fused-ring (bicyclic) bond motifs is 1. The van der Waals surface area contributed by atoms with Gasteiger partial charge in [0.2, 0.25) is 5.95 Å². The summed E-state index contributed by atoms with van der Waals surface area (Å²) in [4.78, 5) is 22.5. The minimum Gasteiger partial charge on any atom is -0.476 e. The van der Waals surface area contributed by atoms with Crippen molar-refractivity contribution >= 4 is 42.6 Å². The second kappa shape index (κ2) is 6.81. The van der Waals surface area contributed by atoms with E-state index in [-0.39, 0.29) is 18.1 Å². The Morgan fingerprint density at radius 2 is 2.46 bits per heavy atom. The Kier molecular flexibility index (Phi) is 4.49. The largest absolute Gasteiger partial charge is 0.476 e. The number of aromatic nitrogens is 4. The number of nitrogens with zero attached hydrogens (tertiary/aromatic N) is 3. The Balaban J connectivity index is 1.59. The predicted octanol–water partition coefficient (Wildman–Crippen LogP) is 0.774. The number of ether oxygens (including phenoxy) is 2. The molecular formula is C15H16N5O4PS. The van der Waals surface area contributed by atoms with Crippen LogP contribution >= 0.6 is 20.4 Å². The summed E-state index contributed by atoms with van der Waals surface area (Å²) in [7, 11) is 0.485. The molecule has 9 nitrogen and oxygen atoms in total. The van der Waals surface area contributed by atoms with Crippen molar-refractivity contribution in [2.45, 2.75) is 24.9 Å². The standard InChI is InChI=1S/C15H16N5O4PS/c16-15-18-12-11(13(22)19-15)17-6-20(12)10-4-7(8(5-21)23-10)24-14(26)9-2-1-3-25-9/h1-3,6-8,10,21,25H,4-5H2,(H3,16,18,19,22)/t7-,8+,10+/m0/s1. The lowest BCUT2D eigenvalue weighted by molar-refractivity contribution is -0.0404. The lowest BCUT2D eigenvalue weighted by Gasteiger charge is -2.17. The van der Waals surface area contributed by atoms with Crippen LogP contribution in [0.5, 0.6) is 0 Å². The molecule has 3 aromatic heterocycles. The minimum atomic E-state index is -0.548. The molecule has 1 aliphatic rings. The number of H-pyrrole nitrogens is 1. The Bertz CT molecular complexity index is 1000. The maximum Gasteiger partial charge on any atom is 0.280 e. The molecule has 4 atom stereocenters. The van der Waals surface area contributed by atoms with Gasteiger partial charge < -0.3 is 20.3 Å². The third-order valence-electron chi connectivity index (χ3n) is 4.20. The summed E-state index contributed by atoms with van der Waals surface area (Å²) in [5.41, 5.74) is 5.70. The number of hydrogen-bond acceptors (Lipinski definition) is 8. The molecule has 0 spiro atoms. The van der Waals surface area contributed by atoms with Crippen molar-refractivity contribution in [1.82, 2.24) is 19.5 Å². The molecule has 26 heavy (non-hydrogen) atoms. The number of nitrogen functional groups attached to an aromatic ring is 1. The third kappa shape index (κ3) is 3.01. The highest BCUT2D eigenvalue weighted by atomic mass is 32.1. The molecule has 1 fully saturated rings. The van der Waals surface area contributed by atoms with E-state index in [4.69, 9.17) is 27.4 Å². The first kappa shape index (κ1) is 17.2. The van der Waals surface area contributed by atoms with Crippen molar-refractivity contribution in [1.29, 1.82) is 0 Å². The first-order chi connectivity index (χ1) is 12.6. The molecule has 0 aliphatic carbocycles. The molecule has 4 N–H and O–H groups in total. The van der Waals surface area contributed by atoms with Gasteiger partial charge in [0.05, 0.1) is 12.9 Å². The molecule has 0 radical (unpaired) electrons. The predicted molar refractivity (Wildman–Crippen MR) is 101 cm³/mol. The molecule has 3 aromatic rings. The van der Waals surface area contributed by atoms with E-state index in [0.29, 0.717) is 25.3 Å². The second-order valence-corrected chi connectivity index (χ2v) is 7.38. The Morgan fingerprint density at radius 3 is 3.19 bits per heavy atom. The van der Waals surface area contributed by atoms with Crippen LogP contribution in [-0.4, -0.2) is 48.5 Å². The van der Waals surface area contributed by atoms with Crippen molar-refractivity contribution in [3.63, 3.8) is 0 Å². The van der Waals surface area contributed by atoms with Crippen molar-refractivity contribution in [2.24, 2.45) is 0 Å². The van der Waals surface area contributed by atoms with E-state index in [2.05, 4.69) is 15.0 Å². The molecule has 136 valence electrons. The summed E-state index contributed by atoms with van der Waals surface area (Å²) in [5.74, 6) is 2.02. The highest BCUT2D eigenvalue weighted by Crippen LogP contribution is 2.33. The highest BCUT2D eigenvalue weighted by Gasteiger charge is 2.39. The van der Waals surface area contributed by atoms with Gasteiger partial charge in [-0.3, -0.25) is 14.3 Å². The molecule has 0 aromatic carbocycles. The second-order valence-electron chi connectivity index (χ2n) is 5.85. The number of aliphatic hydroxyl groups excluding tert-OH is 1. The van der Waals surface area contributed by atoms with Gasteiger partial charge in [0.1, 0.15) is 18.4 Å². The number of anilines is 1. The topological polar surface area (TPSA) is 128 Å². The zero-order valence-corrected chi connectivity index (χ0v) is 15.3. The van der Waals surface area contributed by atoms with Gasteiger partial charge in [0.15, 0.2) is 16.2 Å². The van der Waals surface area contributed by atoms with Crippen LogP contribution < -0.4 is 11.3 Å². The molecule has 4 rings (SSSR count). The van der Waals surface area contributed by atoms with Gasteiger partial charge in [0, 0.05) is 11.7 Å². The number of rotatable bonds is 4. The van der Waals surface area contributed by atoms with Crippen molar-refractivity contribution in [2.75, 3.05) is 12.3 Å². The van der Waals surface area contributed by atoms with E-state index in [9.17, 15) is 9.90 Å². The fourth-order valence-electron chi connectivity index (χ4n) is 2.97. The summed E-state index contributed by atoms with van der Waals surface area (Å²) in [6, 6.07) is 3.86. The van der Waals surface area contributed by atoms with Crippen LogP contribution in [0.25, 0.3) is 11.2 Å². The smallest absolute Gasteiger partial charge is 0.280 e. The molecule has 0 amide bonds. The van der Waals surface area contributed by atoms with Gasteiger partial charge in [-0.2, -0.15) is 4.98 Å². The fourth-order valence-corrected chi connectivity index (χ4v) is 4.08. The zero-order chi connectivity index (χ0) is 18.3. The average Bonchev–Trinajstić information content (AvgIpc) is 3.33. The van der Waals surface area contributed by atoms with Gasteiger partial charge in [0.25, 0.3) is 5.56 Å². The number of nitrogens with one attached hydrogen (secondary N) is 1. The summed E-state index contributed by atoms with van der Waals surface area (Å²) >= 11 is 5.35. The van der Waals surface area contributed by atoms with Crippen LogP contribution in [0, 0.1) is 0 Å². The number of imidazole rings is 1. The van der Waals surface area contributed by atoms with Crippen LogP contribution in [0.15, 0.2) is 29.1 Å². The summed E-state index contributed by atoms with van der Waals surface area (Å²) in [5, 5.41) is 11.0. The lowest BCUT2D eigenvalue weighted by atomic mass is 10.2. The molecule has 1 saturated heterocycles. The van der Waals surface area contributed by atoms with Crippen molar-refractivity contribution in [3.8, 4) is 0 Å². The first-order valence-corrected chi connectivity index (χ1v) is 9.38. The van der Waals surface area contributed by atoms with Gasteiger partial charge in [-0.05, 0) is 24.1 Å². The normalized spacial score (nSPS) is 23.0. The first-order valence-electron chi connectivity index (χ1n) is 7.90. The molecule has 0 saturated carbocycles. The average molecular weight is 393 g/mol. The van der Waals surface area contributed by atoms with Gasteiger partial charge in [-0.25, -0.2) is 4.98 Å². The lowest BCUT2D eigenvalue weighted by Crippen LogP contribution is -2.29. The zero-order valence-electron chi connectivity index (χ0n) is 13.5. The third-order valence-corrected chi connectivity index (χ3v) is 5.76. The summed E-state index contributed by atoms with van der Waals surface area (Å²) in [6.45, 7) is -0.216. The fraction of sp³-hybridized carbons (Fsp3) is 0.333. The number of nitrogens with two attached hydrogens (primary N) is 1. The number of thiocarbonyl (C=S) groups is 1. The maximum atomic E-state index is 11.9. The monoisotopic (exact) mass is 393 g/mol. The van der Waals surface area contributed by atoms with Crippen LogP contribution in [0.3, 0.4) is 0 Å². The van der Waals surface area contributed by atoms with E-state index in [1.165, 1.54) is 6.33 Å². The van der Waals surface area contributed by atoms with Gasteiger partial charge in [-0.1, -0.05) is 6.07 Å². The Hall–Kier alpha value is -2.26. The Labute approximate surface area is 154 Å². The van der Waals surface area contributed by atoms with E-state index >= 15 is 0 Å². The van der Waals surface area contributed by atoms with Crippen molar-refractivity contribution in [3.05, 3.63) is 39.9 Å². The molecule has 4 heterocycles. The van der Waals surface area contributed by atoms with E-state index in [1.807, 2.05) is 17.9 Å². The number of aromatic amines is 1. The molecule has 0 bridgehead atoms. The van der Waals surface area contributed by atoms with Gasteiger partial charge in [-0.15, -0.1) is 8.19 Å². The van der Waals surface area contributed by atoms with Crippen LogP contribution in [0.2, 0.25) is 0 Å². The van der Waals surface area contributed by atoms with Crippen molar-refractivity contribution < 1.29 is 14.6 Å². The molecule has 1 unspecified atom stereocenters. The van der Waals surface area contributed by atoms with Crippen LogP contribution in [0.1, 0.15) is 17.9 Å². The highest BCUT2D eigenvalue weighted by molar-refractivity contribution is 7.81. The molecule has 11 heteroatoms. The van der Waals surface area contributed by atoms with E-state index in [0.717, 1.165) is 5.30 Å².